The van der Waals surface area contributed by atoms with Gasteiger partial charge in [-0.2, -0.15) is 4.31 Å². The number of amides is 1. The highest BCUT2D eigenvalue weighted by atomic mass is 32.2. The molecule has 1 N–H and O–H groups in total. The number of sulfonamides is 1. The molecular weight excluding hydrogens is 302 g/mol. The van der Waals surface area contributed by atoms with E-state index >= 15 is 0 Å². The van der Waals surface area contributed by atoms with Gasteiger partial charge in [-0.15, -0.1) is 0 Å². The molecule has 1 aromatic rings. The number of rotatable bonds is 4. The number of hydrogen-bond acceptors (Lipinski definition) is 3. The first-order valence-electron chi connectivity index (χ1n) is 7.88. The Morgan fingerprint density at radius 3 is 2.45 bits per heavy atom. The van der Waals surface area contributed by atoms with E-state index in [2.05, 4.69) is 5.32 Å². The fourth-order valence-corrected chi connectivity index (χ4v) is 4.67. The second kappa shape index (κ2) is 5.70. The van der Waals surface area contributed by atoms with E-state index in [1.807, 2.05) is 0 Å². The van der Waals surface area contributed by atoms with Crippen LogP contribution in [0.1, 0.15) is 48.3 Å². The number of piperidine rings is 1. The summed E-state index contributed by atoms with van der Waals surface area (Å²) in [5.74, 6) is -0.187. The Bertz CT molecular complexity index is 683. The molecule has 3 rings (SSSR count). The second-order valence-corrected chi connectivity index (χ2v) is 8.16. The Kier molecular flexibility index (Phi) is 4.03. The number of nitrogens with one attached hydrogen (secondary N) is 1. The van der Waals surface area contributed by atoms with Crippen molar-refractivity contribution in [3.63, 3.8) is 0 Å². The van der Waals surface area contributed by atoms with Crippen LogP contribution in [0.5, 0.6) is 0 Å². The fourth-order valence-electron chi connectivity index (χ4n) is 2.88. The van der Waals surface area contributed by atoms with Crippen LogP contribution in [0.15, 0.2) is 11.0 Å². The molecule has 0 radical (unpaired) electrons. The number of aromatic nitrogens is 1. The van der Waals surface area contributed by atoms with Crippen molar-refractivity contribution < 1.29 is 13.2 Å². The summed E-state index contributed by atoms with van der Waals surface area (Å²) >= 11 is 0. The molecule has 0 aromatic carbocycles. The topological polar surface area (TPSA) is 71.4 Å². The van der Waals surface area contributed by atoms with Crippen molar-refractivity contribution in [1.82, 2.24) is 14.2 Å². The van der Waals surface area contributed by atoms with E-state index in [0.717, 1.165) is 32.1 Å². The molecule has 1 saturated carbocycles. The largest absolute Gasteiger partial charge is 0.348 e. The lowest BCUT2D eigenvalue weighted by molar-refractivity contribution is 0.0942. The third-order valence-corrected chi connectivity index (χ3v) is 6.58. The van der Waals surface area contributed by atoms with E-state index in [1.54, 1.807) is 22.8 Å². The van der Waals surface area contributed by atoms with Crippen molar-refractivity contribution in [3.8, 4) is 0 Å². The predicted octanol–water partition coefficient (Wildman–Crippen LogP) is 1.40. The molecule has 1 aromatic heterocycles. The zero-order valence-electron chi connectivity index (χ0n) is 13.1. The van der Waals surface area contributed by atoms with E-state index in [9.17, 15) is 13.2 Å². The Hall–Kier alpha value is -1.34. The molecule has 2 heterocycles. The maximum atomic E-state index is 12.8. The Labute approximate surface area is 131 Å². The molecule has 122 valence electrons. The summed E-state index contributed by atoms with van der Waals surface area (Å²) in [6.45, 7) is 2.89. The smallest absolute Gasteiger partial charge is 0.268 e. The molecule has 22 heavy (non-hydrogen) atoms. The third kappa shape index (κ3) is 2.79. The molecule has 2 aliphatic rings. The zero-order valence-corrected chi connectivity index (χ0v) is 13.9. The minimum atomic E-state index is -3.51. The van der Waals surface area contributed by atoms with Crippen molar-refractivity contribution >= 4 is 15.9 Å². The highest BCUT2D eigenvalue weighted by Crippen LogP contribution is 2.26. The summed E-state index contributed by atoms with van der Waals surface area (Å²) in [7, 11) is -1.77. The van der Waals surface area contributed by atoms with Gasteiger partial charge in [0, 0.05) is 31.9 Å². The van der Waals surface area contributed by atoms with Crippen molar-refractivity contribution in [2.75, 3.05) is 13.1 Å². The lowest BCUT2D eigenvalue weighted by Gasteiger charge is -2.25. The Morgan fingerprint density at radius 2 is 1.86 bits per heavy atom. The fraction of sp³-hybridized carbons (Fsp3) is 0.667. The molecule has 0 bridgehead atoms. The van der Waals surface area contributed by atoms with Gasteiger partial charge in [0.05, 0.1) is 0 Å². The van der Waals surface area contributed by atoms with Gasteiger partial charge in [-0.3, -0.25) is 4.79 Å². The summed E-state index contributed by atoms with van der Waals surface area (Å²) in [4.78, 5) is 12.5. The van der Waals surface area contributed by atoms with Crippen LogP contribution in [0.25, 0.3) is 0 Å². The van der Waals surface area contributed by atoms with Gasteiger partial charge >= 0.3 is 0 Å². The van der Waals surface area contributed by atoms with Gasteiger partial charge in [-0.25, -0.2) is 8.42 Å². The summed E-state index contributed by atoms with van der Waals surface area (Å²) in [6, 6.07) is 1.78. The van der Waals surface area contributed by atoms with Crippen molar-refractivity contribution in [2.24, 2.45) is 7.05 Å². The number of hydrogen-bond donors (Lipinski definition) is 1. The summed E-state index contributed by atoms with van der Waals surface area (Å²) < 4.78 is 28.8. The molecule has 1 aliphatic heterocycles. The molecule has 1 saturated heterocycles. The summed E-state index contributed by atoms with van der Waals surface area (Å²) in [6.07, 6.45) is 4.90. The van der Waals surface area contributed by atoms with Gasteiger partial charge < -0.3 is 9.88 Å². The van der Waals surface area contributed by atoms with E-state index in [-0.39, 0.29) is 16.8 Å². The molecule has 0 spiro atoms. The van der Waals surface area contributed by atoms with Crippen molar-refractivity contribution in [2.45, 2.75) is 50.0 Å². The van der Waals surface area contributed by atoms with E-state index in [1.165, 1.54) is 6.07 Å². The van der Waals surface area contributed by atoms with Gasteiger partial charge in [0.1, 0.15) is 10.6 Å². The summed E-state index contributed by atoms with van der Waals surface area (Å²) in [5.41, 5.74) is 1.03. The van der Waals surface area contributed by atoms with Crippen LogP contribution >= 0.6 is 0 Å². The van der Waals surface area contributed by atoms with Crippen LogP contribution in [0, 0.1) is 6.92 Å². The molecular formula is C15H23N3O3S. The van der Waals surface area contributed by atoms with Gasteiger partial charge in [0.15, 0.2) is 0 Å². The predicted molar refractivity (Wildman–Crippen MR) is 83.2 cm³/mol. The first-order valence-corrected chi connectivity index (χ1v) is 9.32. The number of nitrogens with zero attached hydrogens (tertiary/aromatic N) is 2. The molecule has 6 nitrogen and oxygen atoms in total. The second-order valence-electron chi connectivity index (χ2n) is 6.25. The average molecular weight is 325 g/mol. The normalized spacial score (nSPS) is 20.1. The van der Waals surface area contributed by atoms with E-state index in [0.29, 0.717) is 24.5 Å². The van der Waals surface area contributed by atoms with E-state index in [4.69, 9.17) is 0 Å². The van der Waals surface area contributed by atoms with Crippen LogP contribution in [-0.2, 0) is 17.1 Å². The molecule has 0 unspecified atom stereocenters. The minimum absolute atomic E-state index is 0.187. The lowest BCUT2D eigenvalue weighted by Crippen LogP contribution is -2.35. The minimum Gasteiger partial charge on any atom is -0.348 e. The van der Waals surface area contributed by atoms with Crippen molar-refractivity contribution in [1.29, 1.82) is 0 Å². The van der Waals surface area contributed by atoms with Gasteiger partial charge in [-0.1, -0.05) is 6.42 Å². The third-order valence-electron chi connectivity index (χ3n) is 4.57. The molecule has 1 aliphatic carbocycles. The Balaban J connectivity index is 1.91. The van der Waals surface area contributed by atoms with Crippen LogP contribution in [0.2, 0.25) is 0 Å². The maximum absolute atomic E-state index is 12.8. The average Bonchev–Trinajstić information content (AvgIpc) is 3.26. The van der Waals surface area contributed by atoms with Crippen LogP contribution in [0.4, 0.5) is 0 Å². The van der Waals surface area contributed by atoms with Gasteiger partial charge in [0.2, 0.25) is 10.0 Å². The molecule has 1 amide bonds. The molecule has 7 heteroatoms. The Morgan fingerprint density at radius 1 is 1.23 bits per heavy atom. The quantitative estimate of drug-likeness (QED) is 0.909. The first kappa shape index (κ1) is 15.6. The molecule has 0 atom stereocenters. The zero-order chi connectivity index (χ0) is 15.9. The van der Waals surface area contributed by atoms with Crippen LogP contribution in [-0.4, -0.2) is 42.3 Å². The van der Waals surface area contributed by atoms with Gasteiger partial charge in [-0.05, 0) is 38.7 Å². The van der Waals surface area contributed by atoms with E-state index < -0.39 is 10.0 Å². The highest BCUT2D eigenvalue weighted by Gasteiger charge is 2.32. The van der Waals surface area contributed by atoms with Gasteiger partial charge in [0.25, 0.3) is 5.91 Å². The van der Waals surface area contributed by atoms with Crippen molar-refractivity contribution in [3.05, 3.63) is 17.5 Å². The number of carbonyl (C=O) groups is 1. The number of carbonyl (C=O) groups excluding carboxylic acids is 1. The maximum Gasteiger partial charge on any atom is 0.268 e. The molecule has 2 fully saturated rings. The van der Waals surface area contributed by atoms with Crippen LogP contribution < -0.4 is 5.32 Å². The van der Waals surface area contributed by atoms with Crippen LogP contribution in [0.3, 0.4) is 0 Å². The SMILES string of the molecule is Cc1c(S(=O)(=O)N2CCCCC2)cc(C(=O)NC2CC2)n1C. The highest BCUT2D eigenvalue weighted by molar-refractivity contribution is 7.89. The lowest BCUT2D eigenvalue weighted by atomic mass is 10.2. The standard InChI is InChI=1S/C15H23N3O3S/c1-11-14(22(20,21)18-8-4-3-5-9-18)10-13(17(11)2)15(19)16-12-6-7-12/h10,12H,3-9H2,1-2H3,(H,16,19). The first-order chi connectivity index (χ1) is 10.4. The monoisotopic (exact) mass is 325 g/mol. The summed E-state index contributed by atoms with van der Waals surface area (Å²) in [5, 5.41) is 2.91.